The van der Waals surface area contributed by atoms with E-state index in [2.05, 4.69) is 20.7 Å². The molecule has 0 fully saturated rings. The molecule has 0 bridgehead atoms. The van der Waals surface area contributed by atoms with Gasteiger partial charge in [-0.2, -0.15) is 13.2 Å². The highest BCUT2D eigenvalue weighted by Crippen LogP contribution is 2.30. The molecule has 3 nitrogen and oxygen atoms in total. The first-order valence-electron chi connectivity index (χ1n) is 5.81. The summed E-state index contributed by atoms with van der Waals surface area (Å²) in [7, 11) is -4.00. The van der Waals surface area contributed by atoms with Gasteiger partial charge in [0.05, 0.1) is 10.5 Å². The minimum absolute atomic E-state index is 0.356. The van der Waals surface area contributed by atoms with Gasteiger partial charge in [0.15, 0.2) is 0 Å². The number of sulfonamides is 1. The molecule has 8 heteroatoms. The van der Waals surface area contributed by atoms with Gasteiger partial charge in [-0.25, -0.2) is 13.1 Å². The zero-order chi connectivity index (χ0) is 15.6. The number of hydrogen-bond acceptors (Lipinski definition) is 2. The van der Waals surface area contributed by atoms with Gasteiger partial charge in [-0.3, -0.25) is 0 Å². The first kappa shape index (κ1) is 17.5. The standard InChI is InChI=1S/C12H15BrF3NO2S/c1-3-11(2,8-13)17-20(18,19)10-6-4-5-9(7-10)12(14,15)16/h4-7,17H,3,8H2,1-2H3. The molecule has 0 saturated carbocycles. The molecule has 1 atom stereocenters. The number of rotatable bonds is 5. The molecule has 0 heterocycles. The second-order valence-electron chi connectivity index (χ2n) is 4.68. The van der Waals surface area contributed by atoms with Crippen LogP contribution in [0.1, 0.15) is 25.8 Å². The lowest BCUT2D eigenvalue weighted by Crippen LogP contribution is -2.46. The first-order valence-corrected chi connectivity index (χ1v) is 8.42. The quantitative estimate of drug-likeness (QED) is 0.802. The third kappa shape index (κ3) is 4.20. The Morgan fingerprint density at radius 1 is 1.30 bits per heavy atom. The molecule has 1 unspecified atom stereocenters. The van der Waals surface area contributed by atoms with Crippen LogP contribution in [0.25, 0.3) is 0 Å². The van der Waals surface area contributed by atoms with E-state index in [1.165, 1.54) is 0 Å². The Morgan fingerprint density at radius 2 is 1.90 bits per heavy atom. The first-order chi connectivity index (χ1) is 9.04. The van der Waals surface area contributed by atoms with Crippen LogP contribution < -0.4 is 4.72 Å². The summed E-state index contributed by atoms with van der Waals surface area (Å²) >= 11 is 3.20. The minimum atomic E-state index is -4.57. The predicted molar refractivity (Wildman–Crippen MR) is 74.3 cm³/mol. The van der Waals surface area contributed by atoms with Crippen LogP contribution >= 0.6 is 15.9 Å². The second-order valence-corrected chi connectivity index (χ2v) is 6.92. The largest absolute Gasteiger partial charge is 0.416 e. The topological polar surface area (TPSA) is 46.2 Å². The van der Waals surface area contributed by atoms with E-state index in [0.717, 1.165) is 18.2 Å². The third-order valence-electron chi connectivity index (χ3n) is 2.93. The third-order valence-corrected chi connectivity index (χ3v) is 5.80. The molecule has 0 saturated heterocycles. The molecule has 20 heavy (non-hydrogen) atoms. The van der Waals surface area contributed by atoms with Gasteiger partial charge in [-0.1, -0.05) is 28.9 Å². The SMILES string of the molecule is CCC(C)(CBr)NS(=O)(=O)c1cccc(C(F)(F)F)c1. The van der Waals surface area contributed by atoms with Crippen molar-refractivity contribution in [2.45, 2.75) is 36.9 Å². The Balaban J connectivity index is 3.17. The van der Waals surface area contributed by atoms with Crippen LogP contribution in [0, 0.1) is 0 Å². The number of benzene rings is 1. The molecule has 1 aromatic carbocycles. The molecule has 0 amide bonds. The summed E-state index contributed by atoms with van der Waals surface area (Å²) in [6.07, 6.45) is -4.08. The molecule has 1 rings (SSSR count). The fourth-order valence-electron chi connectivity index (χ4n) is 1.42. The highest BCUT2D eigenvalue weighted by molar-refractivity contribution is 9.09. The maximum atomic E-state index is 12.6. The van der Waals surface area contributed by atoms with Crippen molar-refractivity contribution in [2.24, 2.45) is 0 Å². The lowest BCUT2D eigenvalue weighted by Gasteiger charge is -2.27. The maximum Gasteiger partial charge on any atom is 0.416 e. The zero-order valence-corrected chi connectivity index (χ0v) is 13.4. The summed E-state index contributed by atoms with van der Waals surface area (Å²) < 4.78 is 64.5. The highest BCUT2D eigenvalue weighted by Gasteiger charge is 2.33. The summed E-state index contributed by atoms with van der Waals surface area (Å²) in [4.78, 5) is -0.395. The van der Waals surface area contributed by atoms with Crippen molar-refractivity contribution >= 4 is 26.0 Å². The van der Waals surface area contributed by atoms with Crippen LogP contribution in [0.5, 0.6) is 0 Å². The van der Waals surface area contributed by atoms with Gasteiger partial charge in [-0.05, 0) is 31.5 Å². The van der Waals surface area contributed by atoms with Crippen LogP contribution in [-0.4, -0.2) is 19.3 Å². The molecule has 114 valence electrons. The van der Waals surface area contributed by atoms with Gasteiger partial charge < -0.3 is 0 Å². The normalized spacial score (nSPS) is 15.9. The molecule has 0 spiro atoms. The molecule has 0 aliphatic carbocycles. The van der Waals surface area contributed by atoms with Crippen molar-refractivity contribution in [3.63, 3.8) is 0 Å². The van der Waals surface area contributed by atoms with Crippen LogP contribution in [0.4, 0.5) is 13.2 Å². The van der Waals surface area contributed by atoms with Crippen LogP contribution in [0.2, 0.25) is 0 Å². The molecule has 0 radical (unpaired) electrons. The Labute approximate surface area is 124 Å². The minimum Gasteiger partial charge on any atom is -0.207 e. The van der Waals surface area contributed by atoms with E-state index in [-0.39, 0.29) is 0 Å². The Hall–Kier alpha value is -0.600. The number of alkyl halides is 4. The van der Waals surface area contributed by atoms with Crippen molar-refractivity contribution < 1.29 is 21.6 Å². The van der Waals surface area contributed by atoms with Crippen molar-refractivity contribution in [1.29, 1.82) is 0 Å². The molecule has 1 N–H and O–H groups in total. The van der Waals surface area contributed by atoms with E-state index in [4.69, 9.17) is 0 Å². The monoisotopic (exact) mass is 373 g/mol. The maximum absolute atomic E-state index is 12.6. The van der Waals surface area contributed by atoms with Crippen molar-refractivity contribution in [3.05, 3.63) is 29.8 Å². The Bertz CT molecular complexity index is 568. The number of hydrogen-bond donors (Lipinski definition) is 1. The molecule has 0 aromatic heterocycles. The molecule has 1 aromatic rings. The summed E-state index contributed by atoms with van der Waals surface area (Å²) in [5.74, 6) is 0. The van der Waals surface area contributed by atoms with Crippen LogP contribution in [-0.2, 0) is 16.2 Å². The van der Waals surface area contributed by atoms with E-state index in [9.17, 15) is 21.6 Å². The van der Waals surface area contributed by atoms with E-state index in [1.54, 1.807) is 13.8 Å². The van der Waals surface area contributed by atoms with Crippen molar-refractivity contribution in [3.8, 4) is 0 Å². The van der Waals surface area contributed by atoms with E-state index in [0.29, 0.717) is 17.8 Å². The van der Waals surface area contributed by atoms with Gasteiger partial charge in [0.2, 0.25) is 10.0 Å². The summed E-state index contributed by atoms with van der Waals surface area (Å²) in [6, 6.07) is 3.69. The highest BCUT2D eigenvalue weighted by atomic mass is 79.9. The lowest BCUT2D eigenvalue weighted by atomic mass is 10.0. The summed E-state index contributed by atoms with van der Waals surface area (Å²) in [6.45, 7) is 3.46. The molecule has 0 aliphatic rings. The zero-order valence-electron chi connectivity index (χ0n) is 11.0. The van der Waals surface area contributed by atoms with Gasteiger partial charge in [0, 0.05) is 10.9 Å². The van der Waals surface area contributed by atoms with Crippen molar-refractivity contribution in [2.75, 3.05) is 5.33 Å². The average molecular weight is 374 g/mol. The molecule has 0 aliphatic heterocycles. The predicted octanol–water partition coefficient (Wildman–Crippen LogP) is 3.55. The van der Waals surface area contributed by atoms with Gasteiger partial charge in [-0.15, -0.1) is 0 Å². The van der Waals surface area contributed by atoms with Gasteiger partial charge in [0.25, 0.3) is 0 Å². The Kier molecular flexibility index (Phi) is 5.26. The van der Waals surface area contributed by atoms with E-state index < -0.39 is 32.2 Å². The fraction of sp³-hybridized carbons (Fsp3) is 0.500. The van der Waals surface area contributed by atoms with Gasteiger partial charge in [0.1, 0.15) is 0 Å². The number of halogens is 4. The lowest BCUT2D eigenvalue weighted by molar-refractivity contribution is -0.137. The fourth-order valence-corrected chi connectivity index (χ4v) is 3.66. The average Bonchev–Trinajstić information content (AvgIpc) is 2.37. The second kappa shape index (κ2) is 6.03. The van der Waals surface area contributed by atoms with Crippen molar-refractivity contribution in [1.82, 2.24) is 4.72 Å². The van der Waals surface area contributed by atoms with Crippen LogP contribution in [0.3, 0.4) is 0 Å². The summed E-state index contributed by atoms with van der Waals surface area (Å²) in [5, 5.41) is 0.356. The molecular weight excluding hydrogens is 359 g/mol. The van der Waals surface area contributed by atoms with E-state index in [1.807, 2.05) is 0 Å². The van der Waals surface area contributed by atoms with Gasteiger partial charge >= 0.3 is 6.18 Å². The van der Waals surface area contributed by atoms with Crippen LogP contribution in [0.15, 0.2) is 29.2 Å². The summed E-state index contributed by atoms with van der Waals surface area (Å²) in [5.41, 5.74) is -1.75. The Morgan fingerprint density at radius 3 is 2.35 bits per heavy atom. The van der Waals surface area contributed by atoms with E-state index >= 15 is 0 Å². The molecular formula is C12H15BrF3NO2S. The number of nitrogens with one attached hydrogen (secondary N) is 1. The smallest absolute Gasteiger partial charge is 0.207 e.